The highest BCUT2D eigenvalue weighted by Gasteiger charge is 2.30. The van der Waals surface area contributed by atoms with Crippen LogP contribution in [0.25, 0.3) is 0 Å². The van der Waals surface area contributed by atoms with Crippen LogP contribution in [0.1, 0.15) is 27.7 Å². The third-order valence-corrected chi connectivity index (χ3v) is 2.57. The third kappa shape index (κ3) is 4.13. The van der Waals surface area contributed by atoms with Gasteiger partial charge in [0, 0.05) is 7.11 Å². The zero-order valence-corrected chi connectivity index (χ0v) is 10.8. The SMILES string of the molecule is COC(C)(C)C(=O)NC(C(N)=S)C(C)C. The number of hydrogen-bond donors (Lipinski definition) is 2. The summed E-state index contributed by atoms with van der Waals surface area (Å²) in [6.07, 6.45) is 0. The Morgan fingerprint density at radius 1 is 1.47 bits per heavy atom. The van der Waals surface area contributed by atoms with E-state index in [2.05, 4.69) is 5.32 Å². The van der Waals surface area contributed by atoms with E-state index < -0.39 is 5.60 Å². The lowest BCUT2D eigenvalue weighted by Gasteiger charge is -2.27. The van der Waals surface area contributed by atoms with E-state index in [0.29, 0.717) is 4.99 Å². The Hall–Kier alpha value is -0.680. The Labute approximate surface area is 96.5 Å². The number of carbonyl (C=O) groups is 1. The molecule has 0 aliphatic heterocycles. The first-order valence-electron chi connectivity index (χ1n) is 4.87. The van der Waals surface area contributed by atoms with Crippen molar-refractivity contribution in [3.63, 3.8) is 0 Å². The number of hydrogen-bond acceptors (Lipinski definition) is 3. The number of amides is 1. The van der Waals surface area contributed by atoms with Gasteiger partial charge in [-0.1, -0.05) is 26.1 Å². The first kappa shape index (κ1) is 14.3. The van der Waals surface area contributed by atoms with Crippen molar-refractivity contribution in [2.75, 3.05) is 7.11 Å². The predicted octanol–water partition coefficient (Wildman–Crippen LogP) is 0.838. The Bertz CT molecular complexity index is 252. The van der Waals surface area contributed by atoms with Gasteiger partial charge < -0.3 is 15.8 Å². The third-order valence-electron chi connectivity index (χ3n) is 2.32. The van der Waals surface area contributed by atoms with Gasteiger partial charge in [0.25, 0.3) is 5.91 Å². The molecular weight excluding hydrogens is 212 g/mol. The van der Waals surface area contributed by atoms with Crippen molar-refractivity contribution in [3.8, 4) is 0 Å². The number of carbonyl (C=O) groups excluding carboxylic acids is 1. The highest BCUT2D eigenvalue weighted by Crippen LogP contribution is 2.10. The molecule has 0 heterocycles. The number of nitrogens with two attached hydrogens (primary N) is 1. The Morgan fingerprint density at radius 3 is 2.20 bits per heavy atom. The van der Waals surface area contributed by atoms with Gasteiger partial charge in [-0.05, 0) is 19.8 Å². The number of thiocarbonyl (C=S) groups is 1. The maximum absolute atomic E-state index is 11.8. The normalized spacial score (nSPS) is 13.7. The largest absolute Gasteiger partial charge is 0.392 e. The molecule has 0 aromatic rings. The fraction of sp³-hybridized carbons (Fsp3) is 0.800. The number of ether oxygens (including phenoxy) is 1. The van der Waals surface area contributed by atoms with E-state index in [-0.39, 0.29) is 17.9 Å². The smallest absolute Gasteiger partial charge is 0.252 e. The van der Waals surface area contributed by atoms with Gasteiger partial charge in [-0.25, -0.2) is 0 Å². The van der Waals surface area contributed by atoms with E-state index in [1.807, 2.05) is 13.8 Å². The summed E-state index contributed by atoms with van der Waals surface area (Å²) in [6, 6.07) is -0.290. The van der Waals surface area contributed by atoms with Crippen LogP contribution in [0.15, 0.2) is 0 Å². The molecule has 0 spiro atoms. The molecule has 1 unspecified atom stereocenters. The zero-order chi connectivity index (χ0) is 12.2. The summed E-state index contributed by atoms with van der Waals surface area (Å²) in [5.41, 5.74) is 4.68. The molecule has 0 fully saturated rings. The van der Waals surface area contributed by atoms with Crippen LogP contribution in [-0.2, 0) is 9.53 Å². The van der Waals surface area contributed by atoms with Gasteiger partial charge in [0.05, 0.1) is 11.0 Å². The van der Waals surface area contributed by atoms with Crippen molar-refractivity contribution in [2.45, 2.75) is 39.3 Å². The summed E-state index contributed by atoms with van der Waals surface area (Å²) < 4.78 is 5.06. The Kier molecular flexibility index (Phi) is 5.17. The minimum Gasteiger partial charge on any atom is -0.392 e. The van der Waals surface area contributed by atoms with E-state index in [4.69, 9.17) is 22.7 Å². The van der Waals surface area contributed by atoms with Crippen molar-refractivity contribution < 1.29 is 9.53 Å². The average molecular weight is 232 g/mol. The molecule has 0 saturated heterocycles. The van der Waals surface area contributed by atoms with E-state index in [1.54, 1.807) is 13.8 Å². The van der Waals surface area contributed by atoms with E-state index in [1.165, 1.54) is 7.11 Å². The number of nitrogens with one attached hydrogen (secondary N) is 1. The minimum absolute atomic E-state index is 0.166. The lowest BCUT2D eigenvalue weighted by Crippen LogP contribution is -2.53. The highest BCUT2D eigenvalue weighted by molar-refractivity contribution is 7.80. The summed E-state index contributed by atoms with van der Waals surface area (Å²) in [4.78, 5) is 12.1. The zero-order valence-electron chi connectivity index (χ0n) is 9.96. The molecule has 0 aromatic heterocycles. The molecule has 0 radical (unpaired) electrons. The molecule has 5 heteroatoms. The standard InChI is InChI=1S/C10H20N2O2S/c1-6(2)7(8(11)15)12-9(13)10(3,4)14-5/h6-7H,1-5H3,(H2,11,15)(H,12,13). The van der Waals surface area contributed by atoms with Crippen LogP contribution in [0.5, 0.6) is 0 Å². The van der Waals surface area contributed by atoms with E-state index in [9.17, 15) is 4.79 Å². The van der Waals surface area contributed by atoms with Crippen molar-refractivity contribution in [2.24, 2.45) is 11.7 Å². The number of rotatable bonds is 5. The predicted molar refractivity (Wildman–Crippen MR) is 64.6 cm³/mol. The van der Waals surface area contributed by atoms with Crippen LogP contribution in [0, 0.1) is 5.92 Å². The first-order valence-corrected chi connectivity index (χ1v) is 5.28. The summed E-state index contributed by atoms with van der Waals surface area (Å²) in [6.45, 7) is 7.28. The van der Waals surface area contributed by atoms with Gasteiger partial charge in [-0.3, -0.25) is 4.79 Å². The molecular formula is C10H20N2O2S. The van der Waals surface area contributed by atoms with E-state index >= 15 is 0 Å². The van der Waals surface area contributed by atoms with Crippen LogP contribution in [0.2, 0.25) is 0 Å². The fourth-order valence-electron chi connectivity index (χ4n) is 0.974. The highest BCUT2D eigenvalue weighted by atomic mass is 32.1. The van der Waals surface area contributed by atoms with Crippen molar-refractivity contribution in [3.05, 3.63) is 0 Å². The molecule has 0 rings (SSSR count). The van der Waals surface area contributed by atoms with Gasteiger partial charge in [0.2, 0.25) is 0 Å². The van der Waals surface area contributed by atoms with Gasteiger partial charge in [0.15, 0.2) is 0 Å². The quantitative estimate of drug-likeness (QED) is 0.689. The molecule has 1 atom stereocenters. The number of methoxy groups -OCH3 is 1. The van der Waals surface area contributed by atoms with Gasteiger partial charge in [-0.2, -0.15) is 0 Å². The maximum atomic E-state index is 11.8. The molecule has 0 aromatic carbocycles. The molecule has 0 aliphatic carbocycles. The second-order valence-corrected chi connectivity index (χ2v) is 4.78. The van der Waals surface area contributed by atoms with E-state index in [0.717, 1.165) is 0 Å². The van der Waals surface area contributed by atoms with Crippen LogP contribution in [-0.4, -0.2) is 29.6 Å². The van der Waals surface area contributed by atoms with Gasteiger partial charge >= 0.3 is 0 Å². The summed E-state index contributed by atoms with van der Waals surface area (Å²) >= 11 is 4.89. The molecule has 0 aliphatic rings. The molecule has 1 amide bonds. The lowest BCUT2D eigenvalue weighted by atomic mass is 10.0. The summed E-state index contributed by atoms with van der Waals surface area (Å²) in [5, 5.41) is 2.78. The molecule has 0 bridgehead atoms. The summed E-state index contributed by atoms with van der Waals surface area (Å²) in [7, 11) is 1.49. The average Bonchev–Trinajstić information content (AvgIpc) is 2.12. The second kappa shape index (κ2) is 5.42. The monoisotopic (exact) mass is 232 g/mol. The maximum Gasteiger partial charge on any atom is 0.252 e. The van der Waals surface area contributed by atoms with Crippen molar-refractivity contribution >= 4 is 23.1 Å². The van der Waals surface area contributed by atoms with Crippen LogP contribution >= 0.6 is 12.2 Å². The van der Waals surface area contributed by atoms with Gasteiger partial charge in [0.1, 0.15) is 5.60 Å². The Morgan fingerprint density at radius 2 is 1.93 bits per heavy atom. The van der Waals surface area contributed by atoms with Crippen LogP contribution in [0.3, 0.4) is 0 Å². The minimum atomic E-state index is -0.863. The molecule has 0 saturated carbocycles. The summed E-state index contributed by atoms with van der Waals surface area (Å²) in [5.74, 6) is -0.0457. The molecule has 3 N–H and O–H groups in total. The molecule has 88 valence electrons. The van der Waals surface area contributed by atoms with Crippen molar-refractivity contribution in [1.82, 2.24) is 5.32 Å². The molecule has 15 heavy (non-hydrogen) atoms. The van der Waals surface area contributed by atoms with Crippen molar-refractivity contribution in [1.29, 1.82) is 0 Å². The van der Waals surface area contributed by atoms with Crippen LogP contribution < -0.4 is 11.1 Å². The second-order valence-electron chi connectivity index (χ2n) is 4.31. The molecule has 4 nitrogen and oxygen atoms in total. The van der Waals surface area contributed by atoms with Crippen LogP contribution in [0.4, 0.5) is 0 Å². The fourth-order valence-corrected chi connectivity index (χ4v) is 1.31. The topological polar surface area (TPSA) is 64.3 Å². The van der Waals surface area contributed by atoms with Gasteiger partial charge in [-0.15, -0.1) is 0 Å². The lowest BCUT2D eigenvalue weighted by molar-refractivity contribution is -0.140. The first-order chi connectivity index (χ1) is 6.72. The Balaban J connectivity index is 4.57.